The lowest BCUT2D eigenvalue weighted by Crippen LogP contribution is -2.16. The third-order valence-corrected chi connectivity index (χ3v) is 3.41. The molecule has 0 atom stereocenters. The van der Waals surface area contributed by atoms with Gasteiger partial charge in [0, 0.05) is 0 Å². The molecular weight excluding hydrogens is 254 g/mol. The molecular formula is C16H13NO3. The fraction of sp³-hybridized carbons (Fsp3) is 0.125. The molecule has 2 aromatic rings. The van der Waals surface area contributed by atoms with E-state index in [1.165, 1.54) is 7.11 Å². The number of aryl methyl sites for hydroxylation is 1. The Hall–Kier alpha value is -2.62. The van der Waals surface area contributed by atoms with Crippen molar-refractivity contribution in [2.24, 2.45) is 0 Å². The highest BCUT2D eigenvalue weighted by molar-refractivity contribution is 6.52. The third kappa shape index (κ3) is 1.69. The average Bonchev–Trinajstić information content (AvgIpc) is 2.72. The lowest BCUT2D eigenvalue weighted by Gasteiger charge is -2.06. The Morgan fingerprint density at radius 2 is 1.80 bits per heavy atom. The van der Waals surface area contributed by atoms with Crippen LogP contribution in [0.2, 0.25) is 0 Å². The van der Waals surface area contributed by atoms with Gasteiger partial charge in [0.25, 0.3) is 17.2 Å². The van der Waals surface area contributed by atoms with E-state index in [0.29, 0.717) is 21.6 Å². The molecule has 0 saturated carbocycles. The van der Waals surface area contributed by atoms with Crippen molar-refractivity contribution >= 4 is 17.2 Å². The number of methoxy groups -OCH3 is 1. The van der Waals surface area contributed by atoms with Crippen molar-refractivity contribution in [3.8, 4) is 5.75 Å². The maximum Gasteiger partial charge on any atom is 0.273 e. The number of nitrogens with zero attached hydrogens (tertiary/aromatic N) is 1. The van der Waals surface area contributed by atoms with Crippen LogP contribution in [0.25, 0.3) is 0 Å². The SMILES string of the molecule is COc1cccc2c1[N+]([O-])=C(c1ccc(C)cc1)C2=O. The van der Waals surface area contributed by atoms with Crippen LogP contribution in [0.15, 0.2) is 42.5 Å². The Balaban J connectivity index is 2.21. The standard InChI is InChI=1S/C16H13NO3/c1-10-6-8-11(9-7-10)14-16(18)12-4-3-5-13(20-2)15(12)17(14)19/h3-9H,1-2H3. The van der Waals surface area contributed by atoms with Crippen LogP contribution in [0, 0.1) is 12.1 Å². The molecule has 0 aromatic heterocycles. The zero-order chi connectivity index (χ0) is 14.3. The van der Waals surface area contributed by atoms with Gasteiger partial charge in [-0.25, -0.2) is 0 Å². The number of benzene rings is 2. The highest BCUT2D eigenvalue weighted by Gasteiger charge is 2.38. The van der Waals surface area contributed by atoms with Crippen LogP contribution in [-0.2, 0) is 0 Å². The normalized spacial score (nSPS) is 13.6. The minimum absolute atomic E-state index is 0.143. The first-order chi connectivity index (χ1) is 9.63. The molecule has 4 nitrogen and oxygen atoms in total. The lowest BCUT2D eigenvalue weighted by atomic mass is 10.0. The Kier molecular flexibility index (Phi) is 2.79. The summed E-state index contributed by atoms with van der Waals surface area (Å²) in [6, 6.07) is 12.4. The molecule has 1 aliphatic heterocycles. The number of ketones is 1. The number of carbonyl (C=O) groups is 1. The number of carbonyl (C=O) groups excluding carboxylic acids is 1. The van der Waals surface area contributed by atoms with Crippen molar-refractivity contribution in [2.45, 2.75) is 6.92 Å². The highest BCUT2D eigenvalue weighted by atomic mass is 16.5. The molecule has 1 aliphatic rings. The van der Waals surface area contributed by atoms with Gasteiger partial charge >= 0.3 is 0 Å². The van der Waals surface area contributed by atoms with Gasteiger partial charge in [0.15, 0.2) is 5.75 Å². The molecule has 3 rings (SSSR count). The summed E-state index contributed by atoms with van der Waals surface area (Å²) >= 11 is 0. The molecule has 0 fully saturated rings. The first kappa shape index (κ1) is 12.4. The van der Waals surface area contributed by atoms with Crippen molar-refractivity contribution in [1.29, 1.82) is 0 Å². The maximum atomic E-state index is 12.5. The second kappa shape index (κ2) is 4.49. The summed E-state index contributed by atoms with van der Waals surface area (Å²) < 4.78 is 5.84. The van der Waals surface area contributed by atoms with Crippen LogP contribution in [-0.4, -0.2) is 23.3 Å². The molecule has 1 heterocycles. The van der Waals surface area contributed by atoms with Crippen LogP contribution in [0.1, 0.15) is 21.5 Å². The van der Waals surface area contributed by atoms with Crippen LogP contribution >= 0.6 is 0 Å². The summed E-state index contributed by atoms with van der Waals surface area (Å²) in [5, 5.41) is 12.5. The number of Topliss-reactive ketones (excluding diaryl/α,β-unsaturated/α-hetero) is 1. The molecule has 0 radical (unpaired) electrons. The molecule has 20 heavy (non-hydrogen) atoms. The van der Waals surface area contributed by atoms with Crippen molar-refractivity contribution in [1.82, 2.24) is 0 Å². The lowest BCUT2D eigenvalue weighted by molar-refractivity contribution is -0.356. The van der Waals surface area contributed by atoms with E-state index in [4.69, 9.17) is 4.74 Å². The average molecular weight is 267 g/mol. The van der Waals surface area contributed by atoms with Crippen LogP contribution in [0.4, 0.5) is 5.69 Å². The molecule has 100 valence electrons. The van der Waals surface area contributed by atoms with E-state index in [1.54, 1.807) is 30.3 Å². The monoisotopic (exact) mass is 267 g/mol. The van der Waals surface area contributed by atoms with E-state index in [2.05, 4.69) is 0 Å². The summed E-state index contributed by atoms with van der Waals surface area (Å²) in [6.07, 6.45) is 0. The number of hydrogen-bond donors (Lipinski definition) is 0. The molecule has 0 spiro atoms. The Morgan fingerprint density at radius 1 is 1.10 bits per heavy atom. The largest absolute Gasteiger partial charge is 0.618 e. The quantitative estimate of drug-likeness (QED) is 0.621. The third-order valence-electron chi connectivity index (χ3n) is 3.41. The van der Waals surface area contributed by atoms with Gasteiger partial charge in [-0.2, -0.15) is 4.74 Å². The summed E-state index contributed by atoms with van der Waals surface area (Å²) in [5.74, 6) is 0.144. The second-order valence-corrected chi connectivity index (χ2v) is 4.69. The van der Waals surface area contributed by atoms with Crippen molar-refractivity contribution in [2.75, 3.05) is 7.11 Å². The number of rotatable bonds is 2. The van der Waals surface area contributed by atoms with Crippen LogP contribution < -0.4 is 4.74 Å². The number of hydrogen-bond acceptors (Lipinski definition) is 3. The van der Waals surface area contributed by atoms with Crippen molar-refractivity contribution in [3.05, 3.63) is 64.4 Å². The zero-order valence-electron chi connectivity index (χ0n) is 11.2. The van der Waals surface area contributed by atoms with Gasteiger partial charge in [-0.05, 0) is 31.2 Å². The molecule has 0 N–H and O–H groups in total. The van der Waals surface area contributed by atoms with Gasteiger partial charge < -0.3 is 9.94 Å². The zero-order valence-corrected chi connectivity index (χ0v) is 11.2. The molecule has 2 aromatic carbocycles. The van der Waals surface area contributed by atoms with Gasteiger partial charge in [0.2, 0.25) is 0 Å². The van der Waals surface area contributed by atoms with Gasteiger partial charge in [0.05, 0.1) is 12.7 Å². The first-order valence-electron chi connectivity index (χ1n) is 6.26. The van der Waals surface area contributed by atoms with Crippen molar-refractivity contribution < 1.29 is 14.3 Å². The molecule has 0 saturated heterocycles. The predicted octanol–water partition coefficient (Wildman–Crippen LogP) is 2.83. The summed E-state index contributed by atoms with van der Waals surface area (Å²) in [7, 11) is 1.48. The topological polar surface area (TPSA) is 52.4 Å². The van der Waals surface area contributed by atoms with Crippen molar-refractivity contribution in [3.63, 3.8) is 0 Å². The highest BCUT2D eigenvalue weighted by Crippen LogP contribution is 2.36. The summed E-state index contributed by atoms with van der Waals surface area (Å²) in [5.41, 5.74) is 2.51. The van der Waals surface area contributed by atoms with Gasteiger partial charge in [-0.1, -0.05) is 23.8 Å². The molecule has 4 heteroatoms. The van der Waals surface area contributed by atoms with Gasteiger partial charge in [-0.3, -0.25) is 4.79 Å². The number of ether oxygens (including phenoxy) is 1. The Labute approximate surface area is 116 Å². The summed E-state index contributed by atoms with van der Waals surface area (Å²) in [6.45, 7) is 1.96. The van der Waals surface area contributed by atoms with E-state index < -0.39 is 0 Å². The van der Waals surface area contributed by atoms with Crippen LogP contribution in [0.5, 0.6) is 5.75 Å². The minimum Gasteiger partial charge on any atom is -0.618 e. The van der Waals surface area contributed by atoms with E-state index in [-0.39, 0.29) is 17.2 Å². The first-order valence-corrected chi connectivity index (χ1v) is 6.26. The smallest absolute Gasteiger partial charge is 0.273 e. The Morgan fingerprint density at radius 3 is 2.45 bits per heavy atom. The van der Waals surface area contributed by atoms with Crippen LogP contribution in [0.3, 0.4) is 0 Å². The van der Waals surface area contributed by atoms with E-state index in [1.807, 2.05) is 19.1 Å². The fourth-order valence-corrected chi connectivity index (χ4v) is 2.37. The summed E-state index contributed by atoms with van der Waals surface area (Å²) in [4.78, 5) is 12.4. The minimum atomic E-state index is -0.266. The molecule has 0 amide bonds. The second-order valence-electron chi connectivity index (χ2n) is 4.69. The van der Waals surface area contributed by atoms with E-state index in [0.717, 1.165) is 5.56 Å². The van der Waals surface area contributed by atoms with Gasteiger partial charge in [0.1, 0.15) is 5.56 Å². The maximum absolute atomic E-state index is 12.5. The fourth-order valence-electron chi connectivity index (χ4n) is 2.37. The van der Waals surface area contributed by atoms with Gasteiger partial charge in [-0.15, -0.1) is 0 Å². The number of fused-ring (bicyclic) bond motifs is 1. The molecule has 0 unspecified atom stereocenters. The molecule has 0 bridgehead atoms. The van der Waals surface area contributed by atoms with E-state index >= 15 is 0 Å². The van der Waals surface area contributed by atoms with E-state index in [9.17, 15) is 10.0 Å². The number of para-hydroxylation sites is 1. The predicted molar refractivity (Wildman–Crippen MR) is 75.9 cm³/mol. The Bertz CT molecular complexity index is 730. The molecule has 0 aliphatic carbocycles.